The normalized spacial score (nSPS) is 33.0. The molecule has 0 spiro atoms. The molecule has 2 heterocycles. The van der Waals surface area contributed by atoms with Gasteiger partial charge in [-0.25, -0.2) is 0 Å². The van der Waals surface area contributed by atoms with Crippen LogP contribution < -0.4 is 4.74 Å². The molecule has 3 nitrogen and oxygen atoms in total. The molecule has 0 unspecified atom stereocenters. The second kappa shape index (κ2) is 2.79. The van der Waals surface area contributed by atoms with E-state index in [0.717, 1.165) is 11.3 Å². The maximum absolute atomic E-state index is 8.86. The summed E-state index contributed by atoms with van der Waals surface area (Å²) in [5.41, 5.74) is 1.18. The summed E-state index contributed by atoms with van der Waals surface area (Å²) in [5.74, 6) is 0.807. The number of fused-ring (bicyclic) bond motifs is 3. The fraction of sp³-hybridized carbons (Fsp3) is 0.417. The SMILES string of the molecule is CC1(C)Oc2ccc(C#N)cc2[C@@H]2O[C@]21Br. The number of epoxide rings is 1. The van der Waals surface area contributed by atoms with Crippen molar-refractivity contribution in [2.75, 3.05) is 0 Å². The van der Waals surface area contributed by atoms with E-state index in [2.05, 4.69) is 22.0 Å². The highest BCUT2D eigenvalue weighted by molar-refractivity contribution is 9.10. The Hall–Kier alpha value is -1.05. The van der Waals surface area contributed by atoms with Crippen molar-refractivity contribution in [3.05, 3.63) is 29.3 Å². The van der Waals surface area contributed by atoms with Crippen LogP contribution in [0.25, 0.3) is 0 Å². The number of benzene rings is 1. The lowest BCUT2D eigenvalue weighted by Gasteiger charge is -2.33. The maximum atomic E-state index is 8.86. The molecule has 16 heavy (non-hydrogen) atoms. The standard InChI is InChI=1S/C12H10BrNO2/c1-11(2)12(13)10(16-12)8-5-7(6-14)3-4-9(8)15-11/h3-5,10H,1-2H3/t10-,12+/m0/s1. The Bertz CT molecular complexity index is 520. The third-order valence-electron chi connectivity index (χ3n) is 3.18. The molecule has 0 radical (unpaired) electrons. The molecule has 0 saturated carbocycles. The van der Waals surface area contributed by atoms with Crippen molar-refractivity contribution in [3.8, 4) is 11.8 Å². The Kier molecular flexibility index (Phi) is 1.77. The minimum Gasteiger partial charge on any atom is -0.483 e. The average Bonchev–Trinajstić information content (AvgIpc) is 2.92. The zero-order chi connectivity index (χ0) is 11.6. The van der Waals surface area contributed by atoms with Gasteiger partial charge in [0.05, 0.1) is 11.6 Å². The number of rotatable bonds is 0. The highest BCUT2D eigenvalue weighted by Gasteiger charge is 2.69. The summed E-state index contributed by atoms with van der Waals surface area (Å²) in [4.78, 5) is 0. The Labute approximate surface area is 102 Å². The number of alkyl halides is 1. The van der Waals surface area contributed by atoms with E-state index >= 15 is 0 Å². The third-order valence-corrected chi connectivity index (χ3v) is 4.73. The summed E-state index contributed by atoms with van der Waals surface area (Å²) in [6.07, 6.45) is -0.0143. The lowest BCUT2D eigenvalue weighted by atomic mass is 9.93. The summed E-state index contributed by atoms with van der Waals surface area (Å²) in [6, 6.07) is 7.55. The molecule has 2 atom stereocenters. The van der Waals surface area contributed by atoms with Gasteiger partial charge in [0.1, 0.15) is 17.5 Å². The molecular formula is C12H10BrNO2. The molecule has 82 valence electrons. The Morgan fingerprint density at radius 2 is 2.19 bits per heavy atom. The molecule has 0 aliphatic carbocycles. The van der Waals surface area contributed by atoms with Crippen molar-refractivity contribution in [1.29, 1.82) is 5.26 Å². The van der Waals surface area contributed by atoms with E-state index in [0.29, 0.717) is 5.56 Å². The summed E-state index contributed by atoms with van der Waals surface area (Å²) in [6.45, 7) is 3.98. The van der Waals surface area contributed by atoms with Crippen LogP contribution >= 0.6 is 15.9 Å². The predicted octanol–water partition coefficient (Wildman–Crippen LogP) is 2.89. The summed E-state index contributed by atoms with van der Waals surface area (Å²) in [7, 11) is 0. The van der Waals surface area contributed by atoms with Crippen LogP contribution in [0.1, 0.15) is 31.1 Å². The molecule has 0 aromatic heterocycles. The van der Waals surface area contributed by atoms with Gasteiger partial charge < -0.3 is 9.47 Å². The van der Waals surface area contributed by atoms with Gasteiger partial charge in [-0.05, 0) is 48.0 Å². The largest absolute Gasteiger partial charge is 0.483 e. The topological polar surface area (TPSA) is 45.5 Å². The summed E-state index contributed by atoms with van der Waals surface area (Å²) in [5, 5.41) is 8.86. The Morgan fingerprint density at radius 3 is 2.88 bits per heavy atom. The molecule has 1 fully saturated rings. The number of ether oxygens (including phenoxy) is 2. The number of halogens is 1. The van der Waals surface area contributed by atoms with Gasteiger partial charge in [-0.2, -0.15) is 5.26 Å². The van der Waals surface area contributed by atoms with Gasteiger partial charge in [0.25, 0.3) is 0 Å². The number of hydrogen-bond donors (Lipinski definition) is 0. The molecule has 4 heteroatoms. The monoisotopic (exact) mass is 279 g/mol. The van der Waals surface area contributed by atoms with Gasteiger partial charge in [0.2, 0.25) is 0 Å². The van der Waals surface area contributed by atoms with E-state index in [1.165, 1.54) is 0 Å². The predicted molar refractivity (Wildman–Crippen MR) is 61.3 cm³/mol. The third kappa shape index (κ3) is 1.10. The first kappa shape index (κ1) is 10.1. The van der Waals surface area contributed by atoms with Gasteiger partial charge in [0, 0.05) is 5.56 Å². The van der Waals surface area contributed by atoms with E-state index in [9.17, 15) is 0 Å². The first-order valence-electron chi connectivity index (χ1n) is 5.08. The smallest absolute Gasteiger partial charge is 0.192 e. The van der Waals surface area contributed by atoms with Crippen LogP contribution in [0, 0.1) is 11.3 Å². The number of hydrogen-bond acceptors (Lipinski definition) is 3. The van der Waals surface area contributed by atoms with Crippen LogP contribution in [-0.2, 0) is 4.74 Å². The van der Waals surface area contributed by atoms with Gasteiger partial charge in [-0.15, -0.1) is 0 Å². The second-order valence-electron chi connectivity index (χ2n) is 4.62. The molecule has 3 rings (SSSR count). The molecular weight excluding hydrogens is 270 g/mol. The van der Waals surface area contributed by atoms with Gasteiger partial charge in [-0.1, -0.05) is 0 Å². The highest BCUT2D eigenvalue weighted by atomic mass is 79.9. The zero-order valence-corrected chi connectivity index (χ0v) is 10.5. The summed E-state index contributed by atoms with van der Waals surface area (Å²) < 4.78 is 11.1. The summed E-state index contributed by atoms with van der Waals surface area (Å²) >= 11 is 3.57. The van der Waals surface area contributed by atoms with Crippen molar-refractivity contribution in [1.82, 2.24) is 0 Å². The zero-order valence-electron chi connectivity index (χ0n) is 8.95. The fourth-order valence-corrected chi connectivity index (χ4v) is 2.63. The van der Waals surface area contributed by atoms with Crippen molar-refractivity contribution in [2.24, 2.45) is 0 Å². The number of nitrogens with zero attached hydrogens (tertiary/aromatic N) is 1. The van der Waals surface area contributed by atoms with Crippen molar-refractivity contribution in [3.63, 3.8) is 0 Å². The van der Waals surface area contributed by atoms with E-state index in [1.807, 2.05) is 26.0 Å². The lowest BCUT2D eigenvalue weighted by molar-refractivity contribution is 0.0609. The minimum atomic E-state index is -0.443. The second-order valence-corrected chi connectivity index (χ2v) is 5.80. The van der Waals surface area contributed by atoms with Crippen LogP contribution in [0.3, 0.4) is 0 Å². The molecule has 0 amide bonds. The minimum absolute atomic E-state index is 0.0143. The van der Waals surface area contributed by atoms with Crippen LogP contribution in [0.15, 0.2) is 18.2 Å². The van der Waals surface area contributed by atoms with Crippen molar-refractivity contribution < 1.29 is 9.47 Å². The molecule has 0 bridgehead atoms. The van der Waals surface area contributed by atoms with E-state index in [-0.39, 0.29) is 6.10 Å². The van der Waals surface area contributed by atoms with E-state index in [4.69, 9.17) is 14.7 Å². The van der Waals surface area contributed by atoms with Gasteiger partial charge in [-0.3, -0.25) is 0 Å². The van der Waals surface area contributed by atoms with Crippen LogP contribution in [0.4, 0.5) is 0 Å². The quantitative estimate of drug-likeness (QED) is 0.542. The van der Waals surface area contributed by atoms with Crippen molar-refractivity contribution >= 4 is 15.9 Å². The molecule has 1 aromatic rings. The first-order chi connectivity index (χ1) is 7.48. The number of nitriles is 1. The molecule has 1 saturated heterocycles. The molecule has 1 aromatic carbocycles. The van der Waals surface area contributed by atoms with E-state index < -0.39 is 10.1 Å². The molecule has 0 N–H and O–H groups in total. The lowest BCUT2D eigenvalue weighted by Crippen LogP contribution is -2.43. The van der Waals surface area contributed by atoms with Crippen molar-refractivity contribution in [2.45, 2.75) is 30.1 Å². The Balaban J connectivity index is 2.14. The first-order valence-corrected chi connectivity index (χ1v) is 5.87. The maximum Gasteiger partial charge on any atom is 0.192 e. The van der Waals surface area contributed by atoms with E-state index in [1.54, 1.807) is 6.07 Å². The Morgan fingerprint density at radius 1 is 1.44 bits per heavy atom. The van der Waals surface area contributed by atoms with Crippen LogP contribution in [-0.4, -0.2) is 10.1 Å². The van der Waals surface area contributed by atoms with Crippen LogP contribution in [0.5, 0.6) is 5.75 Å². The highest BCUT2D eigenvalue weighted by Crippen LogP contribution is 2.65. The average molecular weight is 280 g/mol. The van der Waals surface area contributed by atoms with Gasteiger partial charge >= 0.3 is 0 Å². The van der Waals surface area contributed by atoms with Crippen LogP contribution in [0.2, 0.25) is 0 Å². The van der Waals surface area contributed by atoms with Gasteiger partial charge in [0.15, 0.2) is 4.51 Å². The fourth-order valence-electron chi connectivity index (χ4n) is 2.12. The molecule has 2 aliphatic heterocycles. The molecule has 2 aliphatic rings.